The van der Waals surface area contributed by atoms with Crippen LogP contribution >= 0.6 is 0 Å². The first kappa shape index (κ1) is 14.7. The molecule has 0 aromatic heterocycles. The molecule has 0 aromatic carbocycles. The van der Waals surface area contributed by atoms with Crippen LogP contribution in [0.25, 0.3) is 0 Å². The zero-order chi connectivity index (χ0) is 11.5. The molecule has 15 heavy (non-hydrogen) atoms. The molecule has 0 fully saturated rings. The van der Waals surface area contributed by atoms with Crippen molar-refractivity contribution in [1.29, 1.82) is 0 Å². The van der Waals surface area contributed by atoms with Crippen LogP contribution in [0.15, 0.2) is 0 Å². The van der Waals surface area contributed by atoms with E-state index in [4.69, 9.17) is 25.2 Å². The van der Waals surface area contributed by atoms with Crippen molar-refractivity contribution in [3.63, 3.8) is 0 Å². The number of aliphatic hydroxyl groups excluding tert-OH is 4. The minimum Gasteiger partial charge on any atom is -0.396 e. The lowest BCUT2D eigenvalue weighted by atomic mass is 10.4. The average Bonchev–Trinajstić information content (AvgIpc) is 2.18. The number of ether oxygens (including phenoxy) is 3. The first-order valence-corrected chi connectivity index (χ1v) is 4.59. The van der Waals surface area contributed by atoms with Gasteiger partial charge in [-0.1, -0.05) is 0 Å². The van der Waals surface area contributed by atoms with E-state index < -0.39 is 12.6 Å². The number of hydrogen-bond acceptors (Lipinski definition) is 7. The Morgan fingerprint density at radius 2 is 1.20 bits per heavy atom. The Morgan fingerprint density at radius 1 is 0.800 bits per heavy atom. The highest BCUT2D eigenvalue weighted by molar-refractivity contribution is 4.37. The lowest BCUT2D eigenvalue weighted by Crippen LogP contribution is -2.19. The SMILES string of the molecule is OCCC(O)OCOCOC(O)CCO. The molecular weight excluding hydrogens is 208 g/mol. The minimum atomic E-state index is -1.07. The second-order valence-corrected chi connectivity index (χ2v) is 2.71. The molecule has 0 aliphatic rings. The van der Waals surface area contributed by atoms with Crippen LogP contribution in [0.3, 0.4) is 0 Å². The van der Waals surface area contributed by atoms with E-state index >= 15 is 0 Å². The number of aliphatic hydroxyl groups is 4. The Hall–Kier alpha value is -0.280. The molecule has 0 saturated heterocycles. The van der Waals surface area contributed by atoms with Gasteiger partial charge in [0, 0.05) is 26.1 Å². The van der Waals surface area contributed by atoms with Gasteiger partial charge in [-0.15, -0.1) is 0 Å². The van der Waals surface area contributed by atoms with Crippen molar-refractivity contribution in [3.8, 4) is 0 Å². The fourth-order valence-corrected chi connectivity index (χ4v) is 0.675. The van der Waals surface area contributed by atoms with Crippen molar-refractivity contribution in [2.24, 2.45) is 0 Å². The van der Waals surface area contributed by atoms with Crippen LogP contribution in [0.5, 0.6) is 0 Å². The van der Waals surface area contributed by atoms with Crippen LogP contribution in [0.1, 0.15) is 12.8 Å². The molecule has 0 spiro atoms. The second kappa shape index (κ2) is 10.2. The summed E-state index contributed by atoms with van der Waals surface area (Å²) in [6, 6.07) is 0. The van der Waals surface area contributed by atoms with E-state index in [2.05, 4.69) is 9.47 Å². The summed E-state index contributed by atoms with van der Waals surface area (Å²) in [5.41, 5.74) is 0. The van der Waals surface area contributed by atoms with Crippen LogP contribution in [0.4, 0.5) is 0 Å². The largest absolute Gasteiger partial charge is 0.396 e. The van der Waals surface area contributed by atoms with Crippen molar-refractivity contribution in [2.75, 3.05) is 26.8 Å². The molecule has 0 rings (SSSR count). The van der Waals surface area contributed by atoms with Crippen molar-refractivity contribution in [2.45, 2.75) is 25.4 Å². The lowest BCUT2D eigenvalue weighted by molar-refractivity contribution is -0.231. The van der Waals surface area contributed by atoms with Crippen LogP contribution < -0.4 is 0 Å². The van der Waals surface area contributed by atoms with Crippen molar-refractivity contribution >= 4 is 0 Å². The fourth-order valence-electron chi connectivity index (χ4n) is 0.675. The van der Waals surface area contributed by atoms with E-state index in [-0.39, 0.29) is 39.6 Å². The molecule has 0 bridgehead atoms. The third kappa shape index (κ3) is 10.0. The van der Waals surface area contributed by atoms with E-state index in [1.54, 1.807) is 0 Å². The van der Waals surface area contributed by atoms with Gasteiger partial charge in [-0.3, -0.25) is 0 Å². The summed E-state index contributed by atoms with van der Waals surface area (Å²) in [7, 11) is 0. The van der Waals surface area contributed by atoms with Crippen molar-refractivity contribution in [1.82, 2.24) is 0 Å². The molecule has 0 aliphatic heterocycles. The average molecular weight is 226 g/mol. The summed E-state index contributed by atoms with van der Waals surface area (Å²) < 4.78 is 14.1. The number of hydrogen-bond donors (Lipinski definition) is 4. The molecule has 2 atom stereocenters. The summed E-state index contributed by atoms with van der Waals surface area (Å²) in [4.78, 5) is 0. The highest BCUT2D eigenvalue weighted by Gasteiger charge is 2.04. The molecule has 0 amide bonds. The third-order valence-corrected chi connectivity index (χ3v) is 1.44. The van der Waals surface area contributed by atoms with E-state index in [1.165, 1.54) is 0 Å². The molecular formula is C8H18O7. The molecule has 0 saturated carbocycles. The Morgan fingerprint density at radius 3 is 1.53 bits per heavy atom. The summed E-state index contributed by atoms with van der Waals surface area (Å²) in [6.07, 6.45) is -1.93. The smallest absolute Gasteiger partial charge is 0.159 e. The molecule has 0 heterocycles. The summed E-state index contributed by atoms with van der Waals surface area (Å²) in [5, 5.41) is 34.7. The van der Waals surface area contributed by atoms with Gasteiger partial charge >= 0.3 is 0 Å². The van der Waals surface area contributed by atoms with Gasteiger partial charge in [0.1, 0.15) is 0 Å². The van der Waals surface area contributed by atoms with Crippen LogP contribution in [-0.2, 0) is 14.2 Å². The third-order valence-electron chi connectivity index (χ3n) is 1.44. The summed E-state index contributed by atoms with van der Waals surface area (Å²) in [6.45, 7) is -0.750. The highest BCUT2D eigenvalue weighted by atomic mass is 16.8. The maximum Gasteiger partial charge on any atom is 0.159 e. The van der Waals surface area contributed by atoms with Gasteiger partial charge in [-0.25, -0.2) is 0 Å². The predicted octanol–water partition coefficient (Wildman–Crippen LogP) is -1.65. The molecule has 0 aliphatic carbocycles. The second-order valence-electron chi connectivity index (χ2n) is 2.71. The monoisotopic (exact) mass is 226 g/mol. The maximum atomic E-state index is 8.96. The van der Waals surface area contributed by atoms with E-state index in [1.807, 2.05) is 0 Å². The Kier molecular flexibility index (Phi) is 10.1. The molecule has 7 heteroatoms. The Balaban J connectivity index is 3.17. The van der Waals surface area contributed by atoms with Crippen LogP contribution in [-0.4, -0.2) is 59.8 Å². The van der Waals surface area contributed by atoms with Gasteiger partial charge in [0.25, 0.3) is 0 Å². The van der Waals surface area contributed by atoms with E-state index in [0.29, 0.717) is 0 Å². The Labute approximate surface area is 87.8 Å². The van der Waals surface area contributed by atoms with Gasteiger partial charge in [-0.2, -0.15) is 0 Å². The molecule has 2 unspecified atom stereocenters. The van der Waals surface area contributed by atoms with Gasteiger partial charge in [-0.05, 0) is 0 Å². The fraction of sp³-hybridized carbons (Fsp3) is 1.00. The molecule has 0 radical (unpaired) electrons. The van der Waals surface area contributed by atoms with E-state index in [0.717, 1.165) is 0 Å². The van der Waals surface area contributed by atoms with Crippen molar-refractivity contribution < 1.29 is 34.6 Å². The Bertz CT molecular complexity index is 118. The highest BCUT2D eigenvalue weighted by Crippen LogP contribution is 1.95. The zero-order valence-electron chi connectivity index (χ0n) is 8.41. The predicted molar refractivity (Wildman–Crippen MR) is 48.4 cm³/mol. The normalized spacial score (nSPS) is 15.2. The van der Waals surface area contributed by atoms with Gasteiger partial charge in [0.15, 0.2) is 26.2 Å². The summed E-state index contributed by atoms with van der Waals surface area (Å²) in [5.74, 6) is 0. The minimum absolute atomic E-state index is 0.108. The maximum absolute atomic E-state index is 8.96. The van der Waals surface area contributed by atoms with Gasteiger partial charge in [0.2, 0.25) is 0 Å². The van der Waals surface area contributed by atoms with Crippen LogP contribution in [0, 0.1) is 0 Å². The van der Waals surface area contributed by atoms with Gasteiger partial charge < -0.3 is 34.6 Å². The van der Waals surface area contributed by atoms with Gasteiger partial charge in [0.05, 0.1) is 0 Å². The summed E-state index contributed by atoms with van der Waals surface area (Å²) >= 11 is 0. The lowest BCUT2D eigenvalue weighted by Gasteiger charge is -2.13. The molecule has 0 aromatic rings. The first-order valence-electron chi connectivity index (χ1n) is 4.59. The van der Waals surface area contributed by atoms with Crippen LogP contribution in [0.2, 0.25) is 0 Å². The topological polar surface area (TPSA) is 109 Å². The van der Waals surface area contributed by atoms with Crippen molar-refractivity contribution in [3.05, 3.63) is 0 Å². The quantitative estimate of drug-likeness (QED) is 0.261. The number of rotatable bonds is 10. The molecule has 92 valence electrons. The van der Waals surface area contributed by atoms with E-state index in [9.17, 15) is 0 Å². The standard InChI is InChI=1S/C8H18O7/c9-3-1-7(11)14-5-13-6-15-8(12)2-4-10/h7-12H,1-6H2. The first-order chi connectivity index (χ1) is 7.20. The molecule has 7 nitrogen and oxygen atoms in total. The zero-order valence-corrected chi connectivity index (χ0v) is 8.41. The molecule has 4 N–H and O–H groups in total.